The van der Waals surface area contributed by atoms with Gasteiger partial charge in [-0.3, -0.25) is 9.59 Å². The molecule has 1 aromatic carbocycles. The topological polar surface area (TPSA) is 81.7 Å². The van der Waals surface area contributed by atoms with Crippen LogP contribution in [0.25, 0.3) is 0 Å². The van der Waals surface area contributed by atoms with E-state index in [1.54, 1.807) is 19.9 Å². The van der Waals surface area contributed by atoms with Crippen molar-refractivity contribution in [3.8, 4) is 0 Å². The van der Waals surface area contributed by atoms with E-state index < -0.39 is 35.8 Å². The average Bonchev–Trinajstić information content (AvgIpc) is 2.61. The second kappa shape index (κ2) is 9.31. The Balaban J connectivity index is 2.31. The Morgan fingerprint density at radius 3 is 2.54 bits per heavy atom. The quantitative estimate of drug-likeness (QED) is 0.619. The molecule has 0 unspecified atom stereocenters. The summed E-state index contributed by atoms with van der Waals surface area (Å²) in [6.45, 7) is 3.67. The summed E-state index contributed by atoms with van der Waals surface area (Å²) in [4.78, 5) is 36.9. The Hall–Kier alpha value is -2.44. The molecule has 0 spiro atoms. The minimum atomic E-state index is -0.903. The Morgan fingerprint density at radius 1 is 1.19 bits per heavy atom. The first-order valence-corrected chi connectivity index (χ1v) is 8.87. The zero-order valence-corrected chi connectivity index (χ0v) is 15.0. The number of rotatable bonds is 6. The zero-order chi connectivity index (χ0) is 19.1. The standard InChI is InChI=1S/C19H24FNO5/c1-3-25-18(23)14-10-7-9-13(17(14)22)16(21-19(24)26-4-2)12-8-5-6-11-15(12)20/h5-6,8,11,13-14,16H,3-4,7,9-10H2,1-2H3,(H,21,24)/t13-,14+,16-/m0/s1. The van der Waals surface area contributed by atoms with Crippen molar-refractivity contribution in [2.75, 3.05) is 13.2 Å². The summed E-state index contributed by atoms with van der Waals surface area (Å²) in [5.74, 6) is -3.03. The molecule has 2 rings (SSSR count). The Labute approximate surface area is 152 Å². The molecule has 1 aliphatic carbocycles. The first-order valence-electron chi connectivity index (χ1n) is 8.87. The number of nitrogens with one attached hydrogen (secondary N) is 1. The third-order valence-corrected chi connectivity index (χ3v) is 4.48. The van der Waals surface area contributed by atoms with E-state index >= 15 is 0 Å². The van der Waals surface area contributed by atoms with Gasteiger partial charge in [0.2, 0.25) is 0 Å². The number of amides is 1. The highest BCUT2D eigenvalue weighted by atomic mass is 19.1. The highest BCUT2D eigenvalue weighted by molar-refractivity contribution is 6.01. The Bertz CT molecular complexity index is 663. The van der Waals surface area contributed by atoms with Gasteiger partial charge in [-0.25, -0.2) is 9.18 Å². The summed E-state index contributed by atoms with van der Waals surface area (Å²) in [6, 6.07) is 5.05. The number of hydrogen-bond donors (Lipinski definition) is 1. The van der Waals surface area contributed by atoms with Crippen LogP contribution in [0.3, 0.4) is 0 Å². The highest BCUT2D eigenvalue weighted by Crippen LogP contribution is 2.36. The molecule has 1 aliphatic rings. The number of Topliss-reactive ketones (excluding diaryl/α,β-unsaturated/α-hetero) is 1. The monoisotopic (exact) mass is 365 g/mol. The van der Waals surface area contributed by atoms with Crippen molar-refractivity contribution >= 4 is 17.8 Å². The molecule has 0 heterocycles. The third kappa shape index (κ3) is 4.59. The summed E-state index contributed by atoms with van der Waals surface area (Å²) < 4.78 is 24.2. The lowest BCUT2D eigenvalue weighted by atomic mass is 9.74. The molecule has 1 saturated carbocycles. The van der Waals surface area contributed by atoms with Gasteiger partial charge in [-0.05, 0) is 32.8 Å². The van der Waals surface area contributed by atoms with Gasteiger partial charge in [0, 0.05) is 11.5 Å². The van der Waals surface area contributed by atoms with Crippen LogP contribution >= 0.6 is 0 Å². The van der Waals surface area contributed by atoms with Crippen LogP contribution in [0, 0.1) is 17.7 Å². The molecule has 1 fully saturated rings. The Morgan fingerprint density at radius 2 is 1.88 bits per heavy atom. The fourth-order valence-corrected chi connectivity index (χ4v) is 3.31. The van der Waals surface area contributed by atoms with Gasteiger partial charge in [0.15, 0.2) is 5.78 Å². The fraction of sp³-hybridized carbons (Fsp3) is 0.526. The fourth-order valence-electron chi connectivity index (χ4n) is 3.31. The number of hydrogen-bond acceptors (Lipinski definition) is 5. The second-order valence-electron chi connectivity index (χ2n) is 6.11. The predicted octanol–water partition coefficient (Wildman–Crippen LogP) is 3.16. The van der Waals surface area contributed by atoms with Crippen LogP contribution in [0.1, 0.15) is 44.7 Å². The molecule has 0 bridgehead atoms. The van der Waals surface area contributed by atoms with Gasteiger partial charge in [0.05, 0.1) is 19.3 Å². The van der Waals surface area contributed by atoms with Gasteiger partial charge in [0.1, 0.15) is 11.7 Å². The van der Waals surface area contributed by atoms with Crippen molar-refractivity contribution in [1.29, 1.82) is 0 Å². The maximum Gasteiger partial charge on any atom is 0.407 e. The van der Waals surface area contributed by atoms with Crippen LogP contribution in [-0.2, 0) is 19.1 Å². The predicted molar refractivity (Wildman–Crippen MR) is 91.8 cm³/mol. The molecule has 0 radical (unpaired) electrons. The van der Waals surface area contributed by atoms with Gasteiger partial charge in [0.25, 0.3) is 0 Å². The summed E-state index contributed by atoms with van der Waals surface area (Å²) in [5.41, 5.74) is 0.198. The molecule has 6 nitrogen and oxygen atoms in total. The Kier molecular flexibility index (Phi) is 7.12. The highest BCUT2D eigenvalue weighted by Gasteiger charge is 2.42. The largest absolute Gasteiger partial charge is 0.465 e. The van der Waals surface area contributed by atoms with Crippen LogP contribution in [-0.4, -0.2) is 31.1 Å². The van der Waals surface area contributed by atoms with Gasteiger partial charge in [-0.15, -0.1) is 0 Å². The first-order chi connectivity index (χ1) is 12.5. The number of ketones is 1. The van der Waals surface area contributed by atoms with Crippen molar-refractivity contribution in [2.45, 2.75) is 39.2 Å². The molecule has 0 saturated heterocycles. The van der Waals surface area contributed by atoms with Crippen molar-refractivity contribution in [3.05, 3.63) is 35.6 Å². The van der Waals surface area contributed by atoms with E-state index in [9.17, 15) is 18.8 Å². The normalized spacial score (nSPS) is 21.0. The van der Waals surface area contributed by atoms with Gasteiger partial charge in [-0.2, -0.15) is 0 Å². The molecule has 3 atom stereocenters. The van der Waals surface area contributed by atoms with E-state index in [1.807, 2.05) is 0 Å². The molecule has 0 aliphatic heterocycles. The average molecular weight is 365 g/mol. The first kappa shape index (κ1) is 19.9. The van der Waals surface area contributed by atoms with E-state index in [2.05, 4.69) is 5.32 Å². The molecule has 26 heavy (non-hydrogen) atoms. The molecular weight excluding hydrogens is 341 g/mol. The lowest BCUT2D eigenvalue weighted by molar-refractivity contribution is -0.154. The third-order valence-electron chi connectivity index (χ3n) is 4.48. The SMILES string of the molecule is CCOC(=O)N[C@@H](c1ccccc1F)[C@@H]1CCC[C@@H](C(=O)OCC)C1=O. The number of esters is 1. The van der Waals surface area contributed by atoms with E-state index in [4.69, 9.17) is 9.47 Å². The lowest BCUT2D eigenvalue weighted by Crippen LogP contribution is -2.43. The van der Waals surface area contributed by atoms with Crippen LogP contribution in [0.2, 0.25) is 0 Å². The summed E-state index contributed by atoms with van der Waals surface area (Å²) in [7, 11) is 0. The molecule has 1 N–H and O–H groups in total. The number of ether oxygens (including phenoxy) is 2. The van der Waals surface area contributed by atoms with Crippen molar-refractivity contribution in [1.82, 2.24) is 5.32 Å². The van der Waals surface area contributed by atoms with Crippen molar-refractivity contribution in [3.63, 3.8) is 0 Å². The van der Waals surface area contributed by atoms with Crippen LogP contribution in [0.15, 0.2) is 24.3 Å². The maximum atomic E-state index is 14.3. The summed E-state index contributed by atoms with van der Waals surface area (Å²) in [5, 5.41) is 2.59. The number of benzene rings is 1. The van der Waals surface area contributed by atoms with E-state index in [-0.39, 0.29) is 24.6 Å². The number of carbonyl (C=O) groups is 3. The lowest BCUT2D eigenvalue weighted by Gasteiger charge is -2.33. The van der Waals surface area contributed by atoms with Crippen molar-refractivity contribution < 1.29 is 28.2 Å². The summed E-state index contributed by atoms with van der Waals surface area (Å²) >= 11 is 0. The van der Waals surface area contributed by atoms with Gasteiger partial charge in [-0.1, -0.05) is 24.6 Å². The minimum absolute atomic E-state index is 0.153. The van der Waals surface area contributed by atoms with E-state index in [0.29, 0.717) is 19.3 Å². The zero-order valence-electron chi connectivity index (χ0n) is 15.0. The number of carbonyl (C=O) groups excluding carboxylic acids is 3. The van der Waals surface area contributed by atoms with Gasteiger partial charge >= 0.3 is 12.1 Å². The molecule has 7 heteroatoms. The molecule has 1 aromatic rings. The maximum absolute atomic E-state index is 14.3. The molecule has 1 amide bonds. The molecule has 0 aromatic heterocycles. The van der Waals surface area contributed by atoms with Crippen LogP contribution in [0.5, 0.6) is 0 Å². The van der Waals surface area contributed by atoms with Crippen molar-refractivity contribution in [2.24, 2.45) is 11.8 Å². The van der Waals surface area contributed by atoms with E-state index in [1.165, 1.54) is 18.2 Å². The van der Waals surface area contributed by atoms with Crippen LogP contribution < -0.4 is 5.32 Å². The minimum Gasteiger partial charge on any atom is -0.465 e. The van der Waals surface area contributed by atoms with Crippen LogP contribution in [0.4, 0.5) is 9.18 Å². The smallest absolute Gasteiger partial charge is 0.407 e. The number of alkyl carbamates (subject to hydrolysis) is 1. The molecular formula is C19H24FNO5. The second-order valence-corrected chi connectivity index (χ2v) is 6.11. The van der Waals surface area contributed by atoms with Gasteiger partial charge < -0.3 is 14.8 Å². The van der Waals surface area contributed by atoms with E-state index in [0.717, 1.165) is 0 Å². The summed E-state index contributed by atoms with van der Waals surface area (Å²) in [6.07, 6.45) is 0.722. The molecule has 142 valence electrons. The number of halogens is 1.